The number of halogens is 1. The summed E-state index contributed by atoms with van der Waals surface area (Å²) in [5.74, 6) is 0.622. The molecule has 1 aromatic heterocycles. The molecular formula is C12H18BrN3O3S. The van der Waals surface area contributed by atoms with Crippen LogP contribution >= 0.6 is 15.9 Å². The van der Waals surface area contributed by atoms with Crippen molar-refractivity contribution in [3.05, 3.63) is 16.7 Å². The Bertz CT molecular complexity index is 579. The van der Waals surface area contributed by atoms with Crippen LogP contribution in [0.2, 0.25) is 0 Å². The molecule has 0 saturated carbocycles. The Morgan fingerprint density at radius 2 is 2.35 bits per heavy atom. The van der Waals surface area contributed by atoms with Crippen molar-refractivity contribution in [3.8, 4) is 0 Å². The lowest BCUT2D eigenvalue weighted by atomic mass is 10.1. The average molecular weight is 364 g/mol. The van der Waals surface area contributed by atoms with Crippen LogP contribution < -0.4 is 5.32 Å². The van der Waals surface area contributed by atoms with E-state index in [4.69, 9.17) is 4.74 Å². The van der Waals surface area contributed by atoms with E-state index in [1.165, 1.54) is 4.31 Å². The third-order valence-electron chi connectivity index (χ3n) is 3.32. The largest absolute Gasteiger partial charge is 0.384 e. The topological polar surface area (TPSA) is 71.5 Å². The third-order valence-corrected chi connectivity index (χ3v) is 5.64. The second-order valence-corrected chi connectivity index (χ2v) is 7.55. The monoisotopic (exact) mass is 363 g/mol. The molecule has 1 aromatic rings. The summed E-state index contributed by atoms with van der Waals surface area (Å²) in [6, 6.07) is 1.58. The zero-order chi connectivity index (χ0) is 14.8. The predicted molar refractivity (Wildman–Crippen MR) is 80.2 cm³/mol. The first-order chi connectivity index (χ1) is 9.48. The molecule has 1 unspecified atom stereocenters. The molecule has 1 saturated heterocycles. The average Bonchev–Trinajstić information content (AvgIpc) is 2.88. The van der Waals surface area contributed by atoms with E-state index in [0.717, 1.165) is 6.42 Å². The molecule has 0 bridgehead atoms. The van der Waals surface area contributed by atoms with Crippen LogP contribution in [0.25, 0.3) is 0 Å². The Kier molecular flexibility index (Phi) is 5.00. The maximum absolute atomic E-state index is 12.7. The minimum absolute atomic E-state index is 0.201. The molecule has 0 amide bonds. The van der Waals surface area contributed by atoms with E-state index >= 15 is 0 Å². The van der Waals surface area contributed by atoms with Crippen molar-refractivity contribution >= 4 is 31.8 Å². The first-order valence-electron chi connectivity index (χ1n) is 6.31. The minimum Gasteiger partial charge on any atom is -0.384 e. The van der Waals surface area contributed by atoms with Crippen LogP contribution in [-0.2, 0) is 14.8 Å². The second kappa shape index (κ2) is 6.38. The Morgan fingerprint density at radius 3 is 3.00 bits per heavy atom. The third kappa shape index (κ3) is 3.13. The number of ether oxygens (including phenoxy) is 1. The summed E-state index contributed by atoms with van der Waals surface area (Å²) in [6.07, 6.45) is 2.39. The van der Waals surface area contributed by atoms with E-state index in [9.17, 15) is 8.42 Å². The van der Waals surface area contributed by atoms with Crippen molar-refractivity contribution in [1.82, 2.24) is 9.29 Å². The quantitative estimate of drug-likeness (QED) is 0.858. The highest BCUT2D eigenvalue weighted by atomic mass is 79.9. The van der Waals surface area contributed by atoms with Crippen LogP contribution in [0.1, 0.15) is 6.42 Å². The number of hydrogen-bond donors (Lipinski definition) is 1. The Hall–Kier alpha value is -0.700. The highest BCUT2D eigenvalue weighted by Gasteiger charge is 2.34. The lowest BCUT2D eigenvalue weighted by Crippen LogP contribution is -2.30. The van der Waals surface area contributed by atoms with Crippen LogP contribution in [0, 0.1) is 5.92 Å². The van der Waals surface area contributed by atoms with Gasteiger partial charge in [-0.15, -0.1) is 0 Å². The van der Waals surface area contributed by atoms with Gasteiger partial charge in [0, 0.05) is 37.9 Å². The van der Waals surface area contributed by atoms with Gasteiger partial charge in [-0.05, 0) is 34.3 Å². The number of nitrogens with zero attached hydrogens (tertiary/aromatic N) is 2. The van der Waals surface area contributed by atoms with Gasteiger partial charge in [-0.1, -0.05) is 0 Å². The van der Waals surface area contributed by atoms with Crippen molar-refractivity contribution in [2.45, 2.75) is 11.3 Å². The number of methoxy groups -OCH3 is 1. The highest BCUT2D eigenvalue weighted by molar-refractivity contribution is 9.10. The fourth-order valence-electron chi connectivity index (χ4n) is 2.33. The van der Waals surface area contributed by atoms with Gasteiger partial charge in [0.05, 0.1) is 6.61 Å². The molecule has 1 fully saturated rings. The van der Waals surface area contributed by atoms with Gasteiger partial charge < -0.3 is 10.1 Å². The first kappa shape index (κ1) is 15.7. The molecule has 0 spiro atoms. The van der Waals surface area contributed by atoms with Gasteiger partial charge in [0.1, 0.15) is 10.7 Å². The van der Waals surface area contributed by atoms with Crippen molar-refractivity contribution < 1.29 is 13.2 Å². The van der Waals surface area contributed by atoms with Crippen LogP contribution in [0.3, 0.4) is 0 Å². The first-order valence-corrected chi connectivity index (χ1v) is 8.54. The van der Waals surface area contributed by atoms with Crippen LogP contribution in [0.4, 0.5) is 5.82 Å². The number of anilines is 1. The molecule has 2 heterocycles. The Balaban J connectivity index is 2.29. The number of aromatic nitrogens is 1. The van der Waals surface area contributed by atoms with Crippen LogP contribution in [0.15, 0.2) is 21.6 Å². The fraction of sp³-hybridized carbons (Fsp3) is 0.583. The van der Waals surface area contributed by atoms with Gasteiger partial charge in [0.25, 0.3) is 0 Å². The number of sulfonamides is 1. The van der Waals surface area contributed by atoms with E-state index in [0.29, 0.717) is 30.0 Å². The second-order valence-electron chi connectivity index (χ2n) is 4.72. The van der Waals surface area contributed by atoms with Gasteiger partial charge in [-0.25, -0.2) is 13.4 Å². The molecule has 1 aliphatic heterocycles. The molecule has 1 N–H and O–H groups in total. The summed E-state index contributed by atoms with van der Waals surface area (Å²) in [5.41, 5.74) is 0. The van der Waals surface area contributed by atoms with Gasteiger partial charge in [0.15, 0.2) is 0 Å². The summed E-state index contributed by atoms with van der Waals surface area (Å²) in [7, 11) is -0.239. The molecule has 20 heavy (non-hydrogen) atoms. The SMILES string of the molecule is CNc1ncc(Br)cc1S(=O)(=O)N1CCC(COC)C1. The summed E-state index contributed by atoms with van der Waals surface area (Å²) < 4.78 is 32.6. The molecule has 112 valence electrons. The standard InChI is InChI=1S/C12H18BrN3O3S/c1-14-12-11(5-10(13)6-15-12)20(17,18)16-4-3-9(7-16)8-19-2/h5-6,9H,3-4,7-8H2,1-2H3,(H,14,15). The fourth-order valence-corrected chi connectivity index (χ4v) is 4.52. The molecule has 1 aliphatic rings. The summed E-state index contributed by atoms with van der Waals surface area (Å²) in [5, 5.41) is 2.83. The maximum atomic E-state index is 12.7. The zero-order valence-corrected chi connectivity index (χ0v) is 13.9. The van der Waals surface area contributed by atoms with Gasteiger partial charge in [0.2, 0.25) is 10.0 Å². The highest BCUT2D eigenvalue weighted by Crippen LogP contribution is 2.29. The van der Waals surface area contributed by atoms with Gasteiger partial charge >= 0.3 is 0 Å². The molecule has 0 aliphatic carbocycles. The predicted octanol–water partition coefficient (Wildman–Crippen LogP) is 1.54. The van der Waals surface area contributed by atoms with Crippen LogP contribution in [-0.4, -0.2) is 51.6 Å². The molecular weight excluding hydrogens is 346 g/mol. The number of nitrogens with one attached hydrogen (secondary N) is 1. The molecule has 2 rings (SSSR count). The summed E-state index contributed by atoms with van der Waals surface area (Å²) >= 11 is 3.27. The molecule has 0 radical (unpaired) electrons. The van der Waals surface area contributed by atoms with Gasteiger partial charge in [-0.3, -0.25) is 0 Å². The molecule has 8 heteroatoms. The Labute approximate surface area is 127 Å². The lowest BCUT2D eigenvalue weighted by molar-refractivity contribution is 0.157. The number of pyridine rings is 1. The smallest absolute Gasteiger partial charge is 0.246 e. The van der Waals surface area contributed by atoms with E-state index in [1.807, 2.05) is 0 Å². The van der Waals surface area contributed by atoms with Crippen molar-refractivity contribution in [1.29, 1.82) is 0 Å². The van der Waals surface area contributed by atoms with Gasteiger partial charge in [-0.2, -0.15) is 4.31 Å². The molecule has 0 aromatic carbocycles. The van der Waals surface area contributed by atoms with Crippen molar-refractivity contribution in [2.24, 2.45) is 5.92 Å². The van der Waals surface area contributed by atoms with E-state index in [-0.39, 0.29) is 10.8 Å². The van der Waals surface area contributed by atoms with E-state index in [2.05, 4.69) is 26.2 Å². The minimum atomic E-state index is -3.53. The van der Waals surface area contributed by atoms with E-state index in [1.54, 1.807) is 26.4 Å². The van der Waals surface area contributed by atoms with E-state index < -0.39 is 10.0 Å². The zero-order valence-electron chi connectivity index (χ0n) is 11.5. The maximum Gasteiger partial charge on any atom is 0.246 e. The lowest BCUT2D eigenvalue weighted by Gasteiger charge is -2.18. The van der Waals surface area contributed by atoms with Crippen LogP contribution in [0.5, 0.6) is 0 Å². The normalized spacial score (nSPS) is 20.2. The molecule has 1 atom stereocenters. The van der Waals surface area contributed by atoms with Crippen molar-refractivity contribution in [3.63, 3.8) is 0 Å². The molecule has 6 nitrogen and oxygen atoms in total. The summed E-state index contributed by atoms with van der Waals surface area (Å²) in [4.78, 5) is 4.30. The number of hydrogen-bond acceptors (Lipinski definition) is 5. The number of rotatable bonds is 5. The summed E-state index contributed by atoms with van der Waals surface area (Å²) in [6.45, 7) is 1.60. The Morgan fingerprint density at radius 1 is 1.60 bits per heavy atom. The van der Waals surface area contributed by atoms with Crippen molar-refractivity contribution in [2.75, 3.05) is 39.2 Å².